The van der Waals surface area contributed by atoms with Gasteiger partial charge in [-0.2, -0.15) is 5.26 Å². The number of hydrogen-bond donors (Lipinski definition) is 1. The van der Waals surface area contributed by atoms with Gasteiger partial charge in [0.1, 0.15) is 6.33 Å². The summed E-state index contributed by atoms with van der Waals surface area (Å²) in [5.74, 6) is -0.249. The first-order valence-corrected chi connectivity index (χ1v) is 6.83. The molecule has 0 bridgehead atoms. The first kappa shape index (κ1) is 14.4. The van der Waals surface area contributed by atoms with E-state index in [4.69, 9.17) is 5.26 Å². The van der Waals surface area contributed by atoms with Gasteiger partial charge >= 0.3 is 0 Å². The molecule has 1 heterocycles. The number of nitrogens with one attached hydrogen (secondary N) is 1. The van der Waals surface area contributed by atoms with Crippen LogP contribution in [0.2, 0.25) is 0 Å². The van der Waals surface area contributed by atoms with Crippen LogP contribution in [0.15, 0.2) is 48.8 Å². The van der Waals surface area contributed by atoms with Crippen LogP contribution in [0.4, 0.5) is 5.69 Å². The Hall–Kier alpha value is -3.53. The Morgan fingerprint density at radius 3 is 2.65 bits per heavy atom. The molecule has 0 saturated heterocycles. The lowest BCUT2D eigenvalue weighted by molar-refractivity contribution is 0.102. The molecule has 0 atom stereocenters. The van der Waals surface area contributed by atoms with Gasteiger partial charge in [-0.1, -0.05) is 6.07 Å². The van der Waals surface area contributed by atoms with E-state index >= 15 is 0 Å². The summed E-state index contributed by atoms with van der Waals surface area (Å²) in [4.78, 5) is 12.3. The molecule has 2 aromatic carbocycles. The molecule has 3 rings (SSSR count). The molecule has 1 amide bonds. The van der Waals surface area contributed by atoms with E-state index in [2.05, 4.69) is 20.8 Å². The third-order valence-electron chi connectivity index (χ3n) is 3.34. The van der Waals surface area contributed by atoms with Crippen LogP contribution in [0.5, 0.6) is 0 Å². The van der Waals surface area contributed by atoms with Crippen molar-refractivity contribution in [1.29, 1.82) is 5.26 Å². The quantitative estimate of drug-likeness (QED) is 0.799. The molecule has 0 spiro atoms. The second kappa shape index (κ2) is 6.07. The van der Waals surface area contributed by atoms with E-state index in [1.165, 1.54) is 11.0 Å². The predicted molar refractivity (Wildman–Crippen MR) is 83.0 cm³/mol. The summed E-state index contributed by atoms with van der Waals surface area (Å²) >= 11 is 0. The van der Waals surface area contributed by atoms with Crippen LogP contribution in [0.3, 0.4) is 0 Å². The zero-order valence-electron chi connectivity index (χ0n) is 12.3. The maximum Gasteiger partial charge on any atom is 0.255 e. The molecule has 3 aromatic rings. The molecule has 0 radical (unpaired) electrons. The molecule has 0 unspecified atom stereocenters. The Morgan fingerprint density at radius 1 is 1.22 bits per heavy atom. The molecular weight excluding hydrogens is 292 g/mol. The van der Waals surface area contributed by atoms with Gasteiger partial charge in [0.15, 0.2) is 0 Å². The summed E-state index contributed by atoms with van der Waals surface area (Å²) in [6.45, 7) is 1.93. The van der Waals surface area contributed by atoms with Crippen LogP contribution in [0.1, 0.15) is 21.5 Å². The van der Waals surface area contributed by atoms with Crippen LogP contribution in [0.25, 0.3) is 5.69 Å². The molecule has 0 saturated carbocycles. The Labute approximate surface area is 132 Å². The van der Waals surface area contributed by atoms with Gasteiger partial charge in [0.25, 0.3) is 5.91 Å². The van der Waals surface area contributed by atoms with Crippen LogP contribution in [0, 0.1) is 18.3 Å². The van der Waals surface area contributed by atoms with E-state index in [0.717, 1.165) is 11.3 Å². The van der Waals surface area contributed by atoms with Crippen molar-refractivity contribution in [2.45, 2.75) is 6.92 Å². The molecule has 7 heteroatoms. The van der Waals surface area contributed by atoms with Gasteiger partial charge in [0.05, 0.1) is 17.3 Å². The SMILES string of the molecule is Cc1ccc(NC(=O)c2ccc(C#N)cc2)cc1-n1cnnn1. The number of nitrogens with zero attached hydrogens (tertiary/aromatic N) is 5. The number of aryl methyl sites for hydroxylation is 1. The number of carbonyl (C=O) groups excluding carboxylic acids is 1. The number of nitriles is 1. The fraction of sp³-hybridized carbons (Fsp3) is 0.0625. The number of benzene rings is 2. The smallest absolute Gasteiger partial charge is 0.255 e. The van der Waals surface area contributed by atoms with Crippen molar-refractivity contribution in [2.24, 2.45) is 0 Å². The van der Waals surface area contributed by atoms with Crippen molar-refractivity contribution < 1.29 is 4.79 Å². The lowest BCUT2D eigenvalue weighted by Crippen LogP contribution is -2.12. The molecule has 1 aromatic heterocycles. The topological polar surface area (TPSA) is 96.5 Å². The van der Waals surface area contributed by atoms with Crippen molar-refractivity contribution in [3.63, 3.8) is 0 Å². The number of rotatable bonds is 3. The number of carbonyl (C=O) groups is 1. The summed E-state index contributed by atoms with van der Waals surface area (Å²) in [6, 6.07) is 14.0. The molecule has 1 N–H and O–H groups in total. The average Bonchev–Trinajstić information content (AvgIpc) is 3.11. The van der Waals surface area contributed by atoms with Gasteiger partial charge in [-0.3, -0.25) is 4.79 Å². The highest BCUT2D eigenvalue weighted by atomic mass is 16.1. The fourth-order valence-electron chi connectivity index (χ4n) is 2.11. The van der Waals surface area contributed by atoms with Crippen molar-refractivity contribution >= 4 is 11.6 Å². The maximum atomic E-state index is 12.3. The fourth-order valence-corrected chi connectivity index (χ4v) is 2.11. The van der Waals surface area contributed by atoms with Gasteiger partial charge in [0, 0.05) is 11.3 Å². The average molecular weight is 304 g/mol. The highest BCUT2D eigenvalue weighted by molar-refractivity contribution is 6.04. The Balaban J connectivity index is 1.84. The zero-order chi connectivity index (χ0) is 16.2. The predicted octanol–water partition coefficient (Wildman–Crippen LogP) is 2.09. The highest BCUT2D eigenvalue weighted by Gasteiger charge is 2.09. The minimum atomic E-state index is -0.249. The van der Waals surface area contributed by atoms with E-state index in [9.17, 15) is 4.79 Å². The minimum Gasteiger partial charge on any atom is -0.322 e. The third-order valence-corrected chi connectivity index (χ3v) is 3.34. The molecule has 0 aliphatic rings. The molecule has 23 heavy (non-hydrogen) atoms. The molecule has 112 valence electrons. The monoisotopic (exact) mass is 304 g/mol. The van der Waals surface area contributed by atoms with E-state index in [1.807, 2.05) is 25.1 Å². The Bertz CT molecular complexity index is 878. The molecule has 0 fully saturated rings. The van der Waals surface area contributed by atoms with Gasteiger partial charge in [-0.15, -0.1) is 5.10 Å². The Morgan fingerprint density at radius 2 is 2.00 bits per heavy atom. The van der Waals surface area contributed by atoms with Gasteiger partial charge < -0.3 is 5.32 Å². The summed E-state index contributed by atoms with van der Waals surface area (Å²) in [5, 5.41) is 22.7. The van der Waals surface area contributed by atoms with Gasteiger partial charge in [0.2, 0.25) is 0 Å². The number of hydrogen-bond acceptors (Lipinski definition) is 5. The van der Waals surface area contributed by atoms with Crippen molar-refractivity contribution in [3.05, 3.63) is 65.5 Å². The van der Waals surface area contributed by atoms with E-state index in [1.54, 1.807) is 30.3 Å². The second-order valence-corrected chi connectivity index (χ2v) is 4.90. The van der Waals surface area contributed by atoms with Gasteiger partial charge in [-0.25, -0.2) is 4.68 Å². The van der Waals surface area contributed by atoms with Crippen LogP contribution in [-0.4, -0.2) is 26.1 Å². The summed E-state index contributed by atoms with van der Waals surface area (Å²) in [6.07, 6.45) is 1.49. The third kappa shape index (κ3) is 3.06. The van der Waals surface area contributed by atoms with Crippen LogP contribution < -0.4 is 5.32 Å². The lowest BCUT2D eigenvalue weighted by Gasteiger charge is -2.09. The molecular formula is C16H12N6O. The second-order valence-electron chi connectivity index (χ2n) is 4.90. The number of tetrazole rings is 1. The van der Waals surface area contributed by atoms with Crippen LogP contribution >= 0.6 is 0 Å². The Kier molecular flexibility index (Phi) is 3.80. The first-order chi connectivity index (χ1) is 11.2. The number of anilines is 1. The summed E-state index contributed by atoms with van der Waals surface area (Å²) < 4.78 is 1.53. The lowest BCUT2D eigenvalue weighted by atomic mass is 10.1. The van der Waals surface area contributed by atoms with Gasteiger partial charge in [-0.05, 0) is 59.3 Å². The standard InChI is InChI=1S/C16H12N6O/c1-11-2-7-14(8-15(11)22-10-18-20-21-22)19-16(23)13-5-3-12(9-17)4-6-13/h2-8,10H,1H3,(H,19,23). The number of amides is 1. The van der Waals surface area contributed by atoms with Crippen molar-refractivity contribution in [1.82, 2.24) is 20.2 Å². The van der Waals surface area contributed by atoms with E-state index in [-0.39, 0.29) is 5.91 Å². The first-order valence-electron chi connectivity index (χ1n) is 6.83. The summed E-state index contributed by atoms with van der Waals surface area (Å²) in [7, 11) is 0. The number of aromatic nitrogens is 4. The molecule has 0 aliphatic carbocycles. The molecule has 7 nitrogen and oxygen atoms in total. The van der Waals surface area contributed by atoms with E-state index < -0.39 is 0 Å². The zero-order valence-corrected chi connectivity index (χ0v) is 12.3. The van der Waals surface area contributed by atoms with Crippen molar-refractivity contribution in [3.8, 4) is 11.8 Å². The minimum absolute atomic E-state index is 0.249. The normalized spacial score (nSPS) is 10.1. The largest absolute Gasteiger partial charge is 0.322 e. The molecule has 0 aliphatic heterocycles. The van der Waals surface area contributed by atoms with Crippen LogP contribution in [-0.2, 0) is 0 Å². The maximum absolute atomic E-state index is 12.3. The summed E-state index contributed by atoms with van der Waals surface area (Å²) in [5.41, 5.74) is 3.39. The van der Waals surface area contributed by atoms with Crippen molar-refractivity contribution in [2.75, 3.05) is 5.32 Å². The highest BCUT2D eigenvalue weighted by Crippen LogP contribution is 2.19. The van der Waals surface area contributed by atoms with E-state index in [0.29, 0.717) is 16.8 Å².